The first-order chi connectivity index (χ1) is 16.2. The first-order valence-electron chi connectivity index (χ1n) is 10.6. The van der Waals surface area contributed by atoms with Crippen LogP contribution in [-0.2, 0) is 15.8 Å². The van der Waals surface area contributed by atoms with E-state index in [1.54, 1.807) is 12.3 Å². The van der Waals surface area contributed by atoms with E-state index in [0.29, 0.717) is 24.5 Å². The standard InChI is InChI=1S/C24H21F3N4O3/c25-24(26,27)20-7-6-19(13-28-20)30-21-8-5-18(12-29-21)16-3-1-15(2-4-16)17-9-10-31(14-23(33)34)22(32)11-17/h1-8,12-13,17H,9-11,14H2,(H,29,30)(H,33,34). The summed E-state index contributed by atoms with van der Waals surface area (Å²) in [5.41, 5.74) is 2.23. The van der Waals surface area contributed by atoms with Crippen LogP contribution >= 0.6 is 0 Å². The summed E-state index contributed by atoms with van der Waals surface area (Å²) in [7, 11) is 0. The molecular weight excluding hydrogens is 449 g/mol. The summed E-state index contributed by atoms with van der Waals surface area (Å²) in [5, 5.41) is 11.8. The number of nitrogens with zero attached hydrogens (tertiary/aromatic N) is 3. The molecule has 2 N–H and O–H groups in total. The molecule has 0 aliphatic carbocycles. The molecule has 34 heavy (non-hydrogen) atoms. The number of carboxylic acid groups (broad SMARTS) is 1. The molecule has 1 aromatic carbocycles. The Morgan fingerprint density at radius 1 is 1.03 bits per heavy atom. The third kappa shape index (κ3) is 5.51. The number of hydrogen-bond acceptors (Lipinski definition) is 5. The van der Waals surface area contributed by atoms with Gasteiger partial charge in [-0.15, -0.1) is 0 Å². The Morgan fingerprint density at radius 3 is 2.32 bits per heavy atom. The maximum atomic E-state index is 12.6. The van der Waals surface area contributed by atoms with Gasteiger partial charge in [0.2, 0.25) is 5.91 Å². The first-order valence-corrected chi connectivity index (χ1v) is 10.6. The maximum absolute atomic E-state index is 12.6. The van der Waals surface area contributed by atoms with Crippen molar-refractivity contribution < 1.29 is 27.9 Å². The summed E-state index contributed by atoms with van der Waals surface area (Å²) in [5.74, 6) is -0.650. The van der Waals surface area contributed by atoms with Crippen molar-refractivity contribution in [2.45, 2.75) is 24.9 Å². The number of piperidine rings is 1. The van der Waals surface area contributed by atoms with E-state index in [1.165, 1.54) is 11.0 Å². The fourth-order valence-corrected chi connectivity index (χ4v) is 3.86. The van der Waals surface area contributed by atoms with Gasteiger partial charge >= 0.3 is 12.1 Å². The van der Waals surface area contributed by atoms with Gasteiger partial charge in [-0.25, -0.2) is 9.97 Å². The van der Waals surface area contributed by atoms with Gasteiger partial charge in [-0.1, -0.05) is 24.3 Å². The lowest BCUT2D eigenvalue weighted by atomic mass is 9.88. The summed E-state index contributed by atoms with van der Waals surface area (Å²) in [4.78, 5) is 32.2. The van der Waals surface area contributed by atoms with E-state index in [1.807, 2.05) is 30.3 Å². The van der Waals surface area contributed by atoms with Crippen LogP contribution in [-0.4, -0.2) is 44.9 Å². The molecule has 1 aliphatic rings. The molecule has 10 heteroatoms. The van der Waals surface area contributed by atoms with Crippen LogP contribution in [0.5, 0.6) is 0 Å². The highest BCUT2D eigenvalue weighted by molar-refractivity contribution is 5.82. The average Bonchev–Trinajstić information content (AvgIpc) is 2.81. The number of benzene rings is 1. The summed E-state index contributed by atoms with van der Waals surface area (Å²) >= 11 is 0. The molecule has 1 aliphatic heterocycles. The molecule has 2 aromatic heterocycles. The topological polar surface area (TPSA) is 95.4 Å². The summed E-state index contributed by atoms with van der Waals surface area (Å²) in [6.45, 7) is 0.155. The quantitative estimate of drug-likeness (QED) is 0.543. The number of anilines is 2. The van der Waals surface area contributed by atoms with Crippen molar-refractivity contribution in [1.29, 1.82) is 0 Å². The van der Waals surface area contributed by atoms with Crippen LogP contribution in [0.4, 0.5) is 24.7 Å². The number of carbonyl (C=O) groups is 2. The summed E-state index contributed by atoms with van der Waals surface area (Å²) < 4.78 is 37.9. The van der Waals surface area contributed by atoms with Crippen molar-refractivity contribution in [3.05, 3.63) is 72.2 Å². The fraction of sp³-hybridized carbons (Fsp3) is 0.250. The van der Waals surface area contributed by atoms with Gasteiger partial charge in [-0.2, -0.15) is 13.2 Å². The lowest BCUT2D eigenvalue weighted by Crippen LogP contribution is -2.41. The van der Waals surface area contributed by atoms with Gasteiger partial charge in [-0.05, 0) is 47.7 Å². The van der Waals surface area contributed by atoms with Gasteiger partial charge < -0.3 is 15.3 Å². The van der Waals surface area contributed by atoms with Gasteiger partial charge in [0, 0.05) is 24.7 Å². The molecule has 0 spiro atoms. The van der Waals surface area contributed by atoms with Crippen LogP contribution in [0.2, 0.25) is 0 Å². The van der Waals surface area contributed by atoms with E-state index >= 15 is 0 Å². The van der Waals surface area contributed by atoms with Crippen LogP contribution in [0.1, 0.15) is 30.0 Å². The molecule has 0 radical (unpaired) electrons. The summed E-state index contributed by atoms with van der Waals surface area (Å²) in [6, 6.07) is 13.6. The molecule has 1 atom stereocenters. The van der Waals surface area contributed by atoms with Crippen LogP contribution in [0.3, 0.4) is 0 Å². The van der Waals surface area contributed by atoms with Crippen molar-refractivity contribution in [2.75, 3.05) is 18.4 Å². The number of halogens is 3. The number of nitrogens with one attached hydrogen (secondary N) is 1. The highest BCUT2D eigenvalue weighted by Crippen LogP contribution is 2.31. The van der Waals surface area contributed by atoms with Gasteiger partial charge in [0.1, 0.15) is 18.1 Å². The number of carbonyl (C=O) groups excluding carboxylic acids is 1. The van der Waals surface area contributed by atoms with Crippen LogP contribution in [0.15, 0.2) is 60.9 Å². The number of hydrogen-bond donors (Lipinski definition) is 2. The Labute approximate surface area is 193 Å². The molecule has 7 nitrogen and oxygen atoms in total. The number of likely N-dealkylation sites (tertiary alicyclic amines) is 1. The second-order valence-corrected chi connectivity index (χ2v) is 8.01. The SMILES string of the molecule is O=C(O)CN1CCC(c2ccc(-c3ccc(Nc4ccc(C(F)(F)F)nc4)nc3)cc2)CC1=O. The van der Waals surface area contributed by atoms with E-state index in [9.17, 15) is 22.8 Å². The Bertz CT molecular complexity index is 1160. The smallest absolute Gasteiger partial charge is 0.433 e. The number of aliphatic carboxylic acids is 1. The maximum Gasteiger partial charge on any atom is 0.433 e. The Hall–Kier alpha value is -3.95. The molecule has 1 unspecified atom stereocenters. The Balaban J connectivity index is 1.38. The third-order valence-corrected chi connectivity index (χ3v) is 5.65. The first kappa shape index (κ1) is 23.2. The van der Waals surface area contributed by atoms with Crippen molar-refractivity contribution >= 4 is 23.4 Å². The number of amides is 1. The molecule has 3 heterocycles. The zero-order chi connectivity index (χ0) is 24.3. The fourth-order valence-electron chi connectivity index (χ4n) is 3.86. The predicted octanol–water partition coefficient (Wildman–Crippen LogP) is 4.70. The Morgan fingerprint density at radius 2 is 1.76 bits per heavy atom. The van der Waals surface area contributed by atoms with Crippen LogP contribution in [0, 0.1) is 0 Å². The van der Waals surface area contributed by atoms with E-state index in [0.717, 1.165) is 29.0 Å². The largest absolute Gasteiger partial charge is 0.480 e. The molecule has 0 bridgehead atoms. The zero-order valence-corrected chi connectivity index (χ0v) is 17.9. The predicted molar refractivity (Wildman–Crippen MR) is 118 cm³/mol. The van der Waals surface area contributed by atoms with Gasteiger partial charge in [0.05, 0.1) is 11.9 Å². The normalized spacial score (nSPS) is 16.4. The average molecular weight is 470 g/mol. The molecule has 1 amide bonds. The van der Waals surface area contributed by atoms with Crippen LogP contribution < -0.4 is 5.32 Å². The van der Waals surface area contributed by atoms with Gasteiger partial charge in [-0.3, -0.25) is 9.59 Å². The monoisotopic (exact) mass is 470 g/mol. The highest BCUT2D eigenvalue weighted by Gasteiger charge is 2.32. The second-order valence-electron chi connectivity index (χ2n) is 8.01. The lowest BCUT2D eigenvalue weighted by molar-refractivity contribution is -0.145. The third-order valence-electron chi connectivity index (χ3n) is 5.65. The minimum absolute atomic E-state index is 0.0497. The number of pyridine rings is 2. The molecule has 4 rings (SSSR count). The molecule has 0 saturated carbocycles. The molecule has 3 aromatic rings. The highest BCUT2D eigenvalue weighted by atomic mass is 19.4. The Kier molecular flexibility index (Phi) is 6.49. The van der Waals surface area contributed by atoms with Crippen molar-refractivity contribution in [3.63, 3.8) is 0 Å². The molecule has 1 saturated heterocycles. The van der Waals surface area contributed by atoms with E-state index in [4.69, 9.17) is 5.11 Å². The zero-order valence-electron chi connectivity index (χ0n) is 17.9. The van der Waals surface area contributed by atoms with Crippen molar-refractivity contribution in [1.82, 2.24) is 14.9 Å². The minimum atomic E-state index is -4.48. The number of alkyl halides is 3. The van der Waals surface area contributed by atoms with Crippen molar-refractivity contribution in [3.8, 4) is 11.1 Å². The van der Waals surface area contributed by atoms with E-state index < -0.39 is 17.8 Å². The number of rotatable bonds is 6. The minimum Gasteiger partial charge on any atom is -0.480 e. The number of aromatic nitrogens is 2. The molecule has 176 valence electrons. The van der Waals surface area contributed by atoms with Gasteiger partial charge in [0.25, 0.3) is 0 Å². The lowest BCUT2D eigenvalue weighted by Gasteiger charge is -2.30. The van der Waals surface area contributed by atoms with Gasteiger partial charge in [0.15, 0.2) is 0 Å². The van der Waals surface area contributed by atoms with E-state index in [2.05, 4.69) is 15.3 Å². The number of carboxylic acids is 1. The molecule has 1 fully saturated rings. The van der Waals surface area contributed by atoms with Crippen LogP contribution in [0.25, 0.3) is 11.1 Å². The second kappa shape index (κ2) is 9.50. The van der Waals surface area contributed by atoms with Crippen molar-refractivity contribution in [2.24, 2.45) is 0 Å². The molecular formula is C24H21F3N4O3. The van der Waals surface area contributed by atoms with E-state index in [-0.39, 0.29) is 24.8 Å². The summed E-state index contributed by atoms with van der Waals surface area (Å²) in [6.07, 6.45) is -0.732.